The summed E-state index contributed by atoms with van der Waals surface area (Å²) in [4.78, 5) is 12.0. The number of alkyl halides is 2. The molecule has 1 atom stereocenters. The number of carbonyl (C=O) groups is 1. The van der Waals surface area contributed by atoms with Gasteiger partial charge in [-0.15, -0.1) is 6.58 Å². The van der Waals surface area contributed by atoms with Gasteiger partial charge in [-0.05, 0) is 99.8 Å². The lowest BCUT2D eigenvalue weighted by molar-refractivity contribution is -0.112. The number of ketones is 1. The van der Waals surface area contributed by atoms with Crippen LogP contribution in [0.4, 0.5) is 8.78 Å². The van der Waals surface area contributed by atoms with E-state index in [0.717, 1.165) is 71.4 Å². The van der Waals surface area contributed by atoms with Crippen LogP contribution in [0.2, 0.25) is 0 Å². The van der Waals surface area contributed by atoms with Crippen molar-refractivity contribution in [3.63, 3.8) is 0 Å². The second-order valence-corrected chi connectivity index (χ2v) is 13.8. The number of carbonyl (C=O) groups excluding carboxylic acids is 1. The highest BCUT2D eigenvalue weighted by atomic mass is 32.2. The van der Waals surface area contributed by atoms with Crippen molar-refractivity contribution in [2.75, 3.05) is 11.5 Å². The zero-order valence-electron chi connectivity index (χ0n) is 32.0. The Balaban J connectivity index is 0. The molecule has 47 heavy (non-hydrogen) atoms. The highest BCUT2D eigenvalue weighted by Crippen LogP contribution is 2.42. The summed E-state index contributed by atoms with van der Waals surface area (Å²) >= 11 is 0. The van der Waals surface area contributed by atoms with Crippen LogP contribution in [-0.2, 0) is 22.0 Å². The summed E-state index contributed by atoms with van der Waals surface area (Å²) in [6.07, 6.45) is 21.2. The van der Waals surface area contributed by atoms with Crippen LogP contribution >= 0.6 is 0 Å². The van der Waals surface area contributed by atoms with Gasteiger partial charge in [-0.2, -0.15) is 8.78 Å². The number of rotatable bonds is 22. The van der Waals surface area contributed by atoms with Crippen LogP contribution in [0.5, 0.6) is 0 Å². The zero-order valence-corrected chi connectivity index (χ0v) is 32.8. The summed E-state index contributed by atoms with van der Waals surface area (Å²) in [5.74, 6) is -2.06. The molecular formula is C42H70F2O2S. The summed E-state index contributed by atoms with van der Waals surface area (Å²) < 4.78 is 42.0. The molecule has 0 heterocycles. The smallest absolute Gasteiger partial charge is 0.292 e. The van der Waals surface area contributed by atoms with Crippen molar-refractivity contribution in [3.8, 4) is 0 Å². The van der Waals surface area contributed by atoms with Crippen LogP contribution in [0.3, 0.4) is 0 Å². The highest BCUT2D eigenvalue weighted by Gasteiger charge is 2.35. The lowest BCUT2D eigenvalue weighted by atomic mass is 9.82. The average molecular weight is 677 g/mol. The molecule has 1 aromatic rings. The van der Waals surface area contributed by atoms with Crippen LogP contribution in [0.15, 0.2) is 48.6 Å². The van der Waals surface area contributed by atoms with Gasteiger partial charge in [-0.25, -0.2) is 0 Å². The Morgan fingerprint density at radius 2 is 1.40 bits per heavy atom. The van der Waals surface area contributed by atoms with Crippen LogP contribution in [-0.4, -0.2) is 27.4 Å². The van der Waals surface area contributed by atoms with Gasteiger partial charge >= 0.3 is 0 Å². The second-order valence-electron chi connectivity index (χ2n) is 12.2. The molecule has 0 aliphatic carbocycles. The van der Waals surface area contributed by atoms with E-state index in [1.165, 1.54) is 64.4 Å². The van der Waals surface area contributed by atoms with Crippen molar-refractivity contribution in [1.82, 2.24) is 0 Å². The molecule has 1 rings (SSSR count). The maximum Gasteiger partial charge on any atom is 0.292 e. The van der Waals surface area contributed by atoms with E-state index in [-0.39, 0.29) is 11.4 Å². The molecule has 270 valence electrons. The molecule has 1 unspecified atom stereocenters. The Morgan fingerprint density at radius 1 is 0.851 bits per heavy atom. The summed E-state index contributed by atoms with van der Waals surface area (Å²) in [5, 5.41) is 0. The van der Waals surface area contributed by atoms with Crippen molar-refractivity contribution in [2.45, 2.75) is 165 Å². The van der Waals surface area contributed by atoms with E-state index in [9.17, 15) is 9.00 Å². The third kappa shape index (κ3) is 20.1. The van der Waals surface area contributed by atoms with E-state index >= 15 is 8.78 Å². The Hall–Kier alpha value is -2.14. The molecule has 0 aliphatic heterocycles. The molecule has 0 fully saturated rings. The quantitative estimate of drug-likeness (QED) is 0.0696. The molecule has 0 spiro atoms. The van der Waals surface area contributed by atoms with Crippen LogP contribution < -0.4 is 0 Å². The zero-order chi connectivity index (χ0) is 36.3. The summed E-state index contributed by atoms with van der Waals surface area (Å²) in [6.45, 7) is 23.2. The summed E-state index contributed by atoms with van der Waals surface area (Å²) in [6, 6.07) is 3.97. The molecule has 2 nitrogen and oxygen atoms in total. The number of halogens is 2. The largest absolute Gasteiger partial charge is 0.295 e. The van der Waals surface area contributed by atoms with Gasteiger partial charge in [-0.3, -0.25) is 9.00 Å². The summed E-state index contributed by atoms with van der Waals surface area (Å²) in [7, 11) is -0.650. The molecule has 0 radical (unpaired) electrons. The minimum atomic E-state index is -3.22. The van der Waals surface area contributed by atoms with Crippen molar-refractivity contribution >= 4 is 27.7 Å². The van der Waals surface area contributed by atoms with Crippen molar-refractivity contribution in [3.05, 3.63) is 70.8 Å². The molecule has 0 aliphatic rings. The van der Waals surface area contributed by atoms with Gasteiger partial charge in [0.2, 0.25) is 0 Å². The van der Waals surface area contributed by atoms with Gasteiger partial charge in [0, 0.05) is 27.9 Å². The van der Waals surface area contributed by atoms with E-state index in [1.54, 1.807) is 6.08 Å². The third-order valence-electron chi connectivity index (χ3n) is 8.16. The normalized spacial score (nSPS) is 12.9. The molecule has 0 amide bonds. The first-order chi connectivity index (χ1) is 22.4. The average Bonchev–Trinajstić information content (AvgIpc) is 3.05. The Labute approximate surface area is 292 Å². The summed E-state index contributed by atoms with van der Waals surface area (Å²) in [5.41, 5.74) is 5.20. The number of unbranched alkanes of at least 4 members (excludes halogenated alkanes) is 9. The monoisotopic (exact) mass is 677 g/mol. The minimum absolute atomic E-state index is 0.192. The first kappa shape index (κ1) is 47.0. The van der Waals surface area contributed by atoms with E-state index in [1.807, 2.05) is 53.7 Å². The van der Waals surface area contributed by atoms with Gasteiger partial charge in [0.25, 0.3) is 5.92 Å². The topological polar surface area (TPSA) is 34.1 Å². The van der Waals surface area contributed by atoms with Gasteiger partial charge in [0.05, 0.1) is 0 Å². The number of hydrogen-bond acceptors (Lipinski definition) is 2. The van der Waals surface area contributed by atoms with Gasteiger partial charge in [0.1, 0.15) is 0 Å². The molecule has 0 saturated heterocycles. The SMILES string of the molecule is C=CCS(=O)CCCCCCCCCCC.CC.CC/C=C/C(F)(F)/C(=C/C(C)=O)c1c(CCCC)ccc(C)c1/C(C)=C(\C)CC. The lowest BCUT2D eigenvalue weighted by Gasteiger charge is -2.25. The molecule has 0 bridgehead atoms. The molecule has 5 heteroatoms. The van der Waals surface area contributed by atoms with E-state index in [4.69, 9.17) is 0 Å². The first-order valence-corrected chi connectivity index (χ1v) is 19.9. The van der Waals surface area contributed by atoms with Gasteiger partial charge in [-0.1, -0.05) is 129 Å². The molecule has 0 N–H and O–H groups in total. The fourth-order valence-electron chi connectivity index (χ4n) is 5.28. The van der Waals surface area contributed by atoms with Gasteiger partial charge in [0.15, 0.2) is 5.78 Å². The fourth-order valence-corrected chi connectivity index (χ4v) is 6.23. The fraction of sp³-hybridized carbons (Fsp3) is 0.643. The van der Waals surface area contributed by atoms with E-state index in [2.05, 4.69) is 27.4 Å². The number of benzene rings is 1. The van der Waals surface area contributed by atoms with Crippen molar-refractivity contribution in [2.24, 2.45) is 0 Å². The van der Waals surface area contributed by atoms with Crippen LogP contribution in [0, 0.1) is 6.92 Å². The third-order valence-corrected chi connectivity index (χ3v) is 9.51. The maximum atomic E-state index is 15.4. The van der Waals surface area contributed by atoms with E-state index in [0.29, 0.717) is 24.2 Å². The molecule has 1 aromatic carbocycles. The molecule has 0 saturated carbocycles. The lowest BCUT2D eigenvalue weighted by Crippen LogP contribution is -2.19. The van der Waals surface area contributed by atoms with Crippen LogP contribution in [0.1, 0.15) is 168 Å². The highest BCUT2D eigenvalue weighted by molar-refractivity contribution is 7.85. The van der Waals surface area contributed by atoms with Gasteiger partial charge < -0.3 is 0 Å². The number of allylic oxidation sites excluding steroid dienone is 6. The number of hydrogen-bond donors (Lipinski definition) is 0. The predicted octanol–water partition coefficient (Wildman–Crippen LogP) is 13.6. The standard InChI is InChI=1S/C26H36F2O.C14H28OS.C2H6/c1-8-11-13-22-15-14-19(5)24(21(7)18(4)10-3)25(22)23(17-20(6)29)26(27,28)16-12-9-2;1-3-5-6-7-8-9-10-11-12-14-16(15)13-4-2;1-2/h12,14-17H,8-11,13H2,1-7H3;4H,2-3,5-14H2,1H3;1-2H3/b16-12+,21-18+,23-17+;;. The van der Waals surface area contributed by atoms with E-state index < -0.39 is 16.7 Å². The number of aryl methyl sites for hydroxylation is 2. The minimum Gasteiger partial charge on any atom is -0.295 e. The Bertz CT molecular complexity index is 1130. The Kier molecular flexibility index (Phi) is 28.8. The molecular weight excluding hydrogens is 607 g/mol. The first-order valence-electron chi connectivity index (χ1n) is 18.4. The molecule has 0 aromatic heterocycles. The maximum absolute atomic E-state index is 15.4. The second kappa shape index (κ2) is 28.8. The van der Waals surface area contributed by atoms with Crippen molar-refractivity contribution in [1.29, 1.82) is 0 Å². The Morgan fingerprint density at radius 3 is 1.89 bits per heavy atom. The van der Waals surface area contributed by atoms with Crippen molar-refractivity contribution < 1.29 is 17.8 Å². The van der Waals surface area contributed by atoms with Crippen LogP contribution in [0.25, 0.3) is 11.1 Å². The predicted molar refractivity (Wildman–Crippen MR) is 208 cm³/mol.